The van der Waals surface area contributed by atoms with Gasteiger partial charge in [0.05, 0.1) is 23.3 Å². The monoisotopic (exact) mass is 425 g/mol. The van der Waals surface area contributed by atoms with Crippen molar-refractivity contribution in [2.45, 2.75) is 13.2 Å². The number of benzene rings is 2. The summed E-state index contributed by atoms with van der Waals surface area (Å²) in [6, 6.07) is 8.82. The zero-order valence-corrected chi connectivity index (χ0v) is 15.7. The number of carbonyl (C=O) groups excluding carboxylic acids is 3. The van der Waals surface area contributed by atoms with Gasteiger partial charge in [0, 0.05) is 0 Å². The highest BCUT2D eigenvalue weighted by molar-refractivity contribution is 6.32. The summed E-state index contributed by atoms with van der Waals surface area (Å²) in [4.78, 5) is 37.4. The van der Waals surface area contributed by atoms with E-state index in [1.54, 1.807) is 12.1 Å². The molecule has 152 valence electrons. The molecule has 1 aliphatic rings. The quantitative estimate of drug-likeness (QED) is 0.500. The Hall–Kier alpha value is -3.20. The molecule has 0 saturated carbocycles. The van der Waals surface area contributed by atoms with Gasteiger partial charge in [0.15, 0.2) is 11.5 Å². The van der Waals surface area contributed by atoms with E-state index >= 15 is 0 Å². The van der Waals surface area contributed by atoms with Crippen molar-refractivity contribution < 1.29 is 37.4 Å². The number of hydrogen-bond acceptors (Lipinski definition) is 6. The van der Waals surface area contributed by atoms with E-state index in [2.05, 4.69) is 4.74 Å². The van der Waals surface area contributed by atoms with Gasteiger partial charge >= 0.3 is 12.6 Å². The van der Waals surface area contributed by atoms with E-state index in [-0.39, 0.29) is 34.3 Å². The second-order valence-corrected chi connectivity index (χ2v) is 6.30. The van der Waals surface area contributed by atoms with Crippen LogP contribution in [0.1, 0.15) is 26.3 Å². The molecule has 0 aromatic heterocycles. The lowest BCUT2D eigenvalue weighted by Crippen LogP contribution is -2.35. The lowest BCUT2D eigenvalue weighted by Gasteiger charge is -2.15. The first-order valence-electron chi connectivity index (χ1n) is 8.24. The molecule has 0 fully saturated rings. The van der Waals surface area contributed by atoms with Crippen molar-refractivity contribution in [1.82, 2.24) is 4.90 Å². The van der Waals surface area contributed by atoms with Crippen LogP contribution >= 0.6 is 11.6 Å². The summed E-state index contributed by atoms with van der Waals surface area (Å²) in [6.45, 7) is -3.94. The van der Waals surface area contributed by atoms with Gasteiger partial charge in [-0.25, -0.2) is 0 Å². The third-order valence-corrected chi connectivity index (χ3v) is 4.34. The maximum atomic E-state index is 12.5. The Bertz CT molecular complexity index is 946. The van der Waals surface area contributed by atoms with Crippen LogP contribution in [-0.4, -0.2) is 42.9 Å². The molecule has 2 amide bonds. The topological polar surface area (TPSA) is 82.1 Å². The molecule has 0 spiro atoms. The lowest BCUT2D eigenvalue weighted by atomic mass is 10.1. The number of nitrogens with zero attached hydrogens (tertiary/aromatic N) is 1. The van der Waals surface area contributed by atoms with Gasteiger partial charge < -0.3 is 14.2 Å². The normalized spacial score (nSPS) is 12.9. The van der Waals surface area contributed by atoms with Crippen LogP contribution in [0.2, 0.25) is 5.02 Å². The number of fused-ring (bicyclic) bond motifs is 1. The number of halogens is 3. The maximum Gasteiger partial charge on any atom is 0.387 e. The summed E-state index contributed by atoms with van der Waals surface area (Å²) in [5.74, 6) is -2.40. The molecule has 3 rings (SSSR count). The standard InChI is InChI=1S/C19H14ClF2NO6/c1-27-14-7-10(6-13(20)16(14)29-19(21)22)9-28-15(24)8-23-17(25)11-4-2-3-5-12(11)18(23)26/h2-7,19H,8-9H2,1H3. The van der Waals surface area contributed by atoms with Gasteiger partial charge in [-0.3, -0.25) is 19.3 Å². The van der Waals surface area contributed by atoms with E-state index in [0.717, 1.165) is 4.90 Å². The van der Waals surface area contributed by atoms with Gasteiger partial charge in [0.2, 0.25) is 0 Å². The molecule has 0 N–H and O–H groups in total. The molecule has 2 aromatic rings. The number of methoxy groups -OCH3 is 1. The second-order valence-electron chi connectivity index (χ2n) is 5.89. The van der Waals surface area contributed by atoms with E-state index < -0.39 is 30.9 Å². The third kappa shape index (κ3) is 4.29. The average molecular weight is 426 g/mol. The van der Waals surface area contributed by atoms with Gasteiger partial charge in [0.1, 0.15) is 13.2 Å². The predicted octanol–water partition coefficient (Wildman–Crippen LogP) is 3.29. The van der Waals surface area contributed by atoms with E-state index in [4.69, 9.17) is 21.1 Å². The van der Waals surface area contributed by atoms with Crippen molar-refractivity contribution in [3.63, 3.8) is 0 Å². The minimum Gasteiger partial charge on any atom is -0.493 e. The molecule has 0 bridgehead atoms. The van der Waals surface area contributed by atoms with Crippen LogP contribution in [-0.2, 0) is 16.1 Å². The lowest BCUT2D eigenvalue weighted by molar-refractivity contribution is -0.145. The summed E-state index contributed by atoms with van der Waals surface area (Å²) < 4.78 is 39.3. The van der Waals surface area contributed by atoms with Crippen molar-refractivity contribution in [2.75, 3.05) is 13.7 Å². The highest BCUT2D eigenvalue weighted by Crippen LogP contribution is 2.37. The van der Waals surface area contributed by atoms with Crippen LogP contribution in [0.25, 0.3) is 0 Å². The highest BCUT2D eigenvalue weighted by atomic mass is 35.5. The van der Waals surface area contributed by atoms with E-state index in [9.17, 15) is 23.2 Å². The Morgan fingerprint density at radius 2 is 1.76 bits per heavy atom. The Morgan fingerprint density at radius 3 is 2.31 bits per heavy atom. The third-order valence-electron chi connectivity index (χ3n) is 4.06. The first kappa shape index (κ1) is 20.5. The van der Waals surface area contributed by atoms with Crippen LogP contribution in [0.5, 0.6) is 11.5 Å². The number of esters is 1. The molecule has 0 radical (unpaired) electrons. The summed E-state index contributed by atoms with van der Waals surface area (Å²) in [7, 11) is 1.24. The molecular formula is C19H14ClF2NO6. The van der Waals surface area contributed by atoms with Gasteiger partial charge in [-0.1, -0.05) is 23.7 Å². The van der Waals surface area contributed by atoms with Gasteiger partial charge in [-0.05, 0) is 29.8 Å². The molecule has 7 nitrogen and oxygen atoms in total. The van der Waals surface area contributed by atoms with Gasteiger partial charge in [0.25, 0.3) is 11.8 Å². The van der Waals surface area contributed by atoms with Crippen LogP contribution in [0.4, 0.5) is 8.78 Å². The van der Waals surface area contributed by atoms with Crippen molar-refractivity contribution in [1.29, 1.82) is 0 Å². The SMILES string of the molecule is COc1cc(COC(=O)CN2C(=O)c3ccccc3C2=O)cc(Cl)c1OC(F)F. The minimum atomic E-state index is -3.09. The zero-order valence-electron chi connectivity index (χ0n) is 15.0. The fourth-order valence-corrected chi connectivity index (χ4v) is 3.06. The second kappa shape index (κ2) is 8.44. The molecule has 0 atom stereocenters. The number of imide groups is 1. The smallest absolute Gasteiger partial charge is 0.387 e. The molecule has 0 aliphatic carbocycles. The van der Waals surface area contributed by atoms with E-state index in [0.29, 0.717) is 5.56 Å². The molecular weight excluding hydrogens is 412 g/mol. The van der Waals surface area contributed by atoms with E-state index in [1.165, 1.54) is 31.4 Å². The molecule has 1 heterocycles. The fraction of sp³-hybridized carbons (Fsp3) is 0.211. The summed E-state index contributed by atoms with van der Waals surface area (Å²) in [5, 5.41) is -0.156. The summed E-state index contributed by atoms with van der Waals surface area (Å²) in [5.41, 5.74) is 0.775. The highest BCUT2D eigenvalue weighted by Gasteiger charge is 2.36. The van der Waals surface area contributed by atoms with Crippen LogP contribution in [0.3, 0.4) is 0 Å². The van der Waals surface area contributed by atoms with Crippen LogP contribution in [0.15, 0.2) is 36.4 Å². The molecule has 10 heteroatoms. The Morgan fingerprint density at radius 1 is 1.14 bits per heavy atom. The molecule has 0 saturated heterocycles. The number of carbonyl (C=O) groups is 3. The maximum absolute atomic E-state index is 12.5. The summed E-state index contributed by atoms with van der Waals surface area (Å²) in [6.07, 6.45) is 0. The first-order chi connectivity index (χ1) is 13.8. The number of alkyl halides is 2. The largest absolute Gasteiger partial charge is 0.493 e. The van der Waals surface area contributed by atoms with Crippen molar-refractivity contribution >= 4 is 29.4 Å². The van der Waals surface area contributed by atoms with Crippen LogP contribution < -0.4 is 9.47 Å². The number of ether oxygens (including phenoxy) is 3. The number of hydrogen-bond donors (Lipinski definition) is 0. The molecule has 29 heavy (non-hydrogen) atoms. The number of rotatable bonds is 7. The van der Waals surface area contributed by atoms with E-state index in [1.807, 2.05) is 0 Å². The van der Waals surface area contributed by atoms with Gasteiger partial charge in [-0.2, -0.15) is 8.78 Å². The molecule has 0 unspecified atom stereocenters. The minimum absolute atomic E-state index is 0.0656. The van der Waals surface area contributed by atoms with Crippen molar-refractivity contribution in [3.8, 4) is 11.5 Å². The fourth-order valence-electron chi connectivity index (χ4n) is 2.78. The zero-order chi connectivity index (χ0) is 21.1. The first-order valence-corrected chi connectivity index (χ1v) is 8.61. The predicted molar refractivity (Wildman–Crippen MR) is 96.2 cm³/mol. The van der Waals surface area contributed by atoms with Crippen molar-refractivity contribution in [2.24, 2.45) is 0 Å². The number of amides is 2. The van der Waals surface area contributed by atoms with Gasteiger partial charge in [-0.15, -0.1) is 0 Å². The molecule has 2 aromatic carbocycles. The summed E-state index contributed by atoms with van der Waals surface area (Å²) >= 11 is 5.92. The Kier molecular flexibility index (Phi) is 5.97. The molecule has 1 aliphatic heterocycles. The van der Waals surface area contributed by atoms with Crippen LogP contribution in [0, 0.1) is 0 Å². The Labute approximate surface area is 168 Å². The van der Waals surface area contributed by atoms with Crippen molar-refractivity contribution in [3.05, 3.63) is 58.1 Å². The Balaban J connectivity index is 1.65. The average Bonchev–Trinajstić information content (AvgIpc) is 2.93.